The second-order valence-electron chi connectivity index (χ2n) is 11.5. The van der Waals surface area contributed by atoms with Crippen molar-refractivity contribution in [3.8, 4) is 0 Å². The number of ether oxygens (including phenoxy) is 2. The van der Waals surface area contributed by atoms with Gasteiger partial charge in [-0.2, -0.15) is 0 Å². The average Bonchev–Trinajstić information content (AvgIpc) is 2.97. The van der Waals surface area contributed by atoms with Crippen molar-refractivity contribution in [2.75, 3.05) is 13.2 Å². The molecule has 2 rings (SSSR count). The predicted octanol–water partition coefficient (Wildman–Crippen LogP) is 10.4. The van der Waals surface area contributed by atoms with E-state index in [1.165, 1.54) is 101 Å². The molecule has 0 heterocycles. The summed E-state index contributed by atoms with van der Waals surface area (Å²) < 4.78 is 11.6. The Hall–Kier alpha value is -2.13. The van der Waals surface area contributed by atoms with Crippen LogP contribution >= 0.6 is 0 Å². The van der Waals surface area contributed by atoms with Gasteiger partial charge in [-0.1, -0.05) is 152 Å². The number of hydrogen-bond donors (Lipinski definition) is 0. The normalized spacial score (nSPS) is 17.5. The minimum Gasteiger partial charge on any atom is -0.463 e. The number of rotatable bonds is 23. The maximum Gasteiger partial charge on any atom is 0.330 e. The largest absolute Gasteiger partial charge is 0.463 e. The fraction of sp³-hybridized carbons (Fsp3) is 0.639. The zero-order valence-corrected chi connectivity index (χ0v) is 25.1. The van der Waals surface area contributed by atoms with Crippen molar-refractivity contribution >= 4 is 11.5 Å². The van der Waals surface area contributed by atoms with Crippen molar-refractivity contribution in [2.24, 2.45) is 5.92 Å². The van der Waals surface area contributed by atoms with E-state index in [0.29, 0.717) is 12.5 Å². The van der Waals surface area contributed by atoms with Gasteiger partial charge in [0, 0.05) is 12.7 Å². The van der Waals surface area contributed by atoms with E-state index in [1.807, 2.05) is 0 Å². The van der Waals surface area contributed by atoms with Gasteiger partial charge in [-0.25, -0.2) is 4.79 Å². The van der Waals surface area contributed by atoms with Crippen LogP contribution in [0.15, 0.2) is 61.2 Å². The minimum absolute atomic E-state index is 0.131. The molecule has 0 saturated heterocycles. The highest BCUT2D eigenvalue weighted by atomic mass is 16.5. The van der Waals surface area contributed by atoms with E-state index < -0.39 is 0 Å². The topological polar surface area (TPSA) is 35.5 Å². The molecule has 218 valence electrons. The number of unbranched alkanes of at least 4 members (excludes halogenated alkanes) is 13. The van der Waals surface area contributed by atoms with Crippen molar-refractivity contribution < 1.29 is 14.3 Å². The van der Waals surface area contributed by atoms with Crippen molar-refractivity contribution in [3.63, 3.8) is 0 Å². The molecule has 0 N–H and O–H groups in total. The Balaban J connectivity index is 1.46. The monoisotopic (exact) mass is 536 g/mol. The van der Waals surface area contributed by atoms with Gasteiger partial charge in [0.1, 0.15) is 0 Å². The average molecular weight is 537 g/mol. The van der Waals surface area contributed by atoms with Gasteiger partial charge in [-0.05, 0) is 42.7 Å². The fourth-order valence-electron chi connectivity index (χ4n) is 5.39. The van der Waals surface area contributed by atoms with Crippen molar-refractivity contribution in [1.82, 2.24) is 0 Å². The van der Waals surface area contributed by atoms with Crippen LogP contribution in [0, 0.1) is 5.92 Å². The number of esters is 1. The smallest absolute Gasteiger partial charge is 0.330 e. The highest BCUT2D eigenvalue weighted by Gasteiger charge is 2.31. The number of benzene rings is 1. The Morgan fingerprint density at radius 3 is 1.90 bits per heavy atom. The van der Waals surface area contributed by atoms with Gasteiger partial charge in [0.25, 0.3) is 0 Å². The van der Waals surface area contributed by atoms with Crippen LogP contribution in [0.25, 0.3) is 5.57 Å². The molecule has 1 aliphatic carbocycles. The summed E-state index contributed by atoms with van der Waals surface area (Å²) in [4.78, 5) is 11.0. The third-order valence-corrected chi connectivity index (χ3v) is 8.07. The van der Waals surface area contributed by atoms with E-state index >= 15 is 0 Å². The molecule has 1 aromatic rings. The maximum absolute atomic E-state index is 11.0. The van der Waals surface area contributed by atoms with E-state index in [4.69, 9.17) is 9.47 Å². The number of allylic oxidation sites excluding steroid dienone is 2. The standard InChI is InChI=1S/C36H56O3/c1-4-32(3)31-36(27-25-34(26-28-36)33-23-19-18-20-24-33)39-30-22-17-15-13-11-9-7-6-8-10-12-14-16-21-29-38-35(37)5-2/h5,18-20,23-27,32H,2,4,6-17,21-22,28-31H2,1,3H3. The summed E-state index contributed by atoms with van der Waals surface area (Å²) in [6, 6.07) is 10.7. The second kappa shape index (κ2) is 20.7. The number of hydrogen-bond acceptors (Lipinski definition) is 3. The van der Waals surface area contributed by atoms with E-state index in [-0.39, 0.29) is 11.6 Å². The van der Waals surface area contributed by atoms with Crippen LogP contribution in [-0.4, -0.2) is 24.8 Å². The lowest BCUT2D eigenvalue weighted by atomic mass is 9.82. The van der Waals surface area contributed by atoms with Crippen LogP contribution in [0.4, 0.5) is 0 Å². The zero-order chi connectivity index (χ0) is 28.0. The van der Waals surface area contributed by atoms with Crippen molar-refractivity contribution in [1.29, 1.82) is 0 Å². The van der Waals surface area contributed by atoms with Gasteiger partial charge in [-0.15, -0.1) is 0 Å². The van der Waals surface area contributed by atoms with Crippen molar-refractivity contribution in [2.45, 2.75) is 129 Å². The first-order valence-electron chi connectivity index (χ1n) is 16.0. The highest BCUT2D eigenvalue weighted by Crippen LogP contribution is 2.35. The quantitative estimate of drug-likeness (QED) is 0.0792. The molecule has 3 nitrogen and oxygen atoms in total. The van der Waals surface area contributed by atoms with Crippen LogP contribution in [0.1, 0.15) is 129 Å². The molecule has 0 bridgehead atoms. The molecule has 1 aromatic carbocycles. The first-order valence-corrected chi connectivity index (χ1v) is 16.0. The lowest BCUT2D eigenvalue weighted by molar-refractivity contribution is -0.137. The Kier molecular flexibility index (Phi) is 17.6. The zero-order valence-electron chi connectivity index (χ0n) is 25.1. The Bertz CT molecular complexity index is 840. The summed E-state index contributed by atoms with van der Waals surface area (Å²) in [6.07, 6.45) is 29.5. The molecule has 39 heavy (non-hydrogen) atoms. The molecular weight excluding hydrogens is 480 g/mol. The van der Waals surface area contributed by atoms with Gasteiger partial charge in [-0.3, -0.25) is 0 Å². The number of carbonyl (C=O) groups is 1. The van der Waals surface area contributed by atoms with Crippen LogP contribution in [-0.2, 0) is 14.3 Å². The minimum atomic E-state index is -0.308. The molecule has 3 heteroatoms. The SMILES string of the molecule is C=CC(=O)OCCCCCCCCCCCCCCCCOC1(CC(C)CC)C=CC(c2ccccc2)=CC1. The van der Waals surface area contributed by atoms with Gasteiger partial charge in [0.05, 0.1) is 12.2 Å². The fourth-order valence-corrected chi connectivity index (χ4v) is 5.39. The molecule has 2 atom stereocenters. The molecule has 0 saturated carbocycles. The Morgan fingerprint density at radius 1 is 0.872 bits per heavy atom. The third-order valence-electron chi connectivity index (χ3n) is 8.07. The Morgan fingerprint density at radius 2 is 1.41 bits per heavy atom. The molecule has 0 spiro atoms. The first kappa shape index (κ1) is 33.1. The van der Waals surface area contributed by atoms with Crippen LogP contribution < -0.4 is 0 Å². The van der Waals surface area contributed by atoms with Gasteiger partial charge >= 0.3 is 5.97 Å². The number of carbonyl (C=O) groups excluding carboxylic acids is 1. The molecule has 0 radical (unpaired) electrons. The molecule has 0 aliphatic heterocycles. The van der Waals surface area contributed by atoms with E-state index in [9.17, 15) is 4.79 Å². The maximum atomic E-state index is 11.0. The van der Waals surface area contributed by atoms with Gasteiger partial charge in [0.15, 0.2) is 0 Å². The van der Waals surface area contributed by atoms with E-state index in [0.717, 1.165) is 32.3 Å². The summed E-state index contributed by atoms with van der Waals surface area (Å²) in [5, 5.41) is 0. The van der Waals surface area contributed by atoms with Crippen molar-refractivity contribution in [3.05, 3.63) is 66.8 Å². The van der Waals surface area contributed by atoms with Gasteiger partial charge < -0.3 is 9.47 Å². The predicted molar refractivity (Wildman–Crippen MR) is 167 cm³/mol. The summed E-state index contributed by atoms with van der Waals surface area (Å²) in [5.74, 6) is 0.361. The lowest BCUT2D eigenvalue weighted by Crippen LogP contribution is -2.33. The molecular formula is C36H56O3. The molecule has 2 unspecified atom stereocenters. The molecule has 0 aromatic heterocycles. The van der Waals surface area contributed by atoms with Crippen LogP contribution in [0.5, 0.6) is 0 Å². The first-order chi connectivity index (χ1) is 19.1. The second-order valence-corrected chi connectivity index (χ2v) is 11.5. The summed E-state index contributed by atoms with van der Waals surface area (Å²) in [5.41, 5.74) is 2.48. The molecule has 0 fully saturated rings. The lowest BCUT2D eigenvalue weighted by Gasteiger charge is -2.35. The van der Waals surface area contributed by atoms with Crippen LogP contribution in [0.3, 0.4) is 0 Å². The molecule has 0 amide bonds. The van der Waals surface area contributed by atoms with Gasteiger partial charge in [0.2, 0.25) is 0 Å². The summed E-state index contributed by atoms with van der Waals surface area (Å²) in [6.45, 7) is 9.44. The Labute approximate surface area is 240 Å². The highest BCUT2D eigenvalue weighted by molar-refractivity contribution is 5.81. The molecule has 1 aliphatic rings. The van der Waals surface area contributed by atoms with E-state index in [1.54, 1.807) is 0 Å². The summed E-state index contributed by atoms with van der Waals surface area (Å²) >= 11 is 0. The van der Waals surface area contributed by atoms with Crippen LogP contribution in [0.2, 0.25) is 0 Å². The van der Waals surface area contributed by atoms with E-state index in [2.05, 4.69) is 69.0 Å². The summed E-state index contributed by atoms with van der Waals surface area (Å²) in [7, 11) is 0. The third kappa shape index (κ3) is 14.7.